The number of hydrogen-bond donors (Lipinski definition) is 2. The molecule has 1 aliphatic rings. The molecule has 2 N–H and O–H groups in total. The number of aliphatic carboxylic acids is 1. The van der Waals surface area contributed by atoms with E-state index in [1.165, 1.54) is 11.8 Å². The molecule has 0 bridgehead atoms. The molecule has 1 aliphatic carbocycles. The zero-order valence-electron chi connectivity index (χ0n) is 10.6. The monoisotopic (exact) mass is 301 g/mol. The molecule has 2 atom stereocenters. The van der Waals surface area contributed by atoms with E-state index in [-0.39, 0.29) is 12.0 Å². The number of thioether (sulfide) groups is 1. The van der Waals surface area contributed by atoms with Crippen LogP contribution < -0.4 is 5.32 Å². The van der Waals surface area contributed by atoms with Gasteiger partial charge in [0.2, 0.25) is 5.95 Å². The van der Waals surface area contributed by atoms with Gasteiger partial charge >= 0.3 is 5.97 Å². The highest BCUT2D eigenvalue weighted by Gasteiger charge is 2.27. The number of hydrogen-bond acceptors (Lipinski definition) is 5. The molecule has 104 valence electrons. The summed E-state index contributed by atoms with van der Waals surface area (Å²) in [5.74, 6) is -0.461. The Kier molecular flexibility index (Phi) is 4.87. The van der Waals surface area contributed by atoms with Gasteiger partial charge in [-0.2, -0.15) is 0 Å². The number of carbonyl (C=O) groups is 1. The number of carboxylic acids is 1. The average molecular weight is 302 g/mol. The van der Waals surface area contributed by atoms with Gasteiger partial charge in [-0.15, -0.1) is 11.8 Å². The van der Waals surface area contributed by atoms with Gasteiger partial charge in [-0.25, -0.2) is 9.97 Å². The second kappa shape index (κ2) is 6.43. The van der Waals surface area contributed by atoms with E-state index in [4.69, 9.17) is 16.7 Å². The highest BCUT2D eigenvalue weighted by molar-refractivity contribution is 7.98. The van der Waals surface area contributed by atoms with Crippen LogP contribution in [0, 0.1) is 5.92 Å². The van der Waals surface area contributed by atoms with E-state index in [0.29, 0.717) is 17.4 Å². The third-order valence-corrected chi connectivity index (χ3v) is 4.35. The van der Waals surface area contributed by atoms with Crippen LogP contribution in [0.5, 0.6) is 0 Å². The van der Waals surface area contributed by atoms with Crippen molar-refractivity contribution in [1.82, 2.24) is 9.97 Å². The number of carboxylic acid groups (broad SMARTS) is 1. The van der Waals surface area contributed by atoms with Crippen molar-refractivity contribution in [2.75, 3.05) is 11.6 Å². The molecule has 0 aromatic carbocycles. The van der Waals surface area contributed by atoms with E-state index < -0.39 is 5.97 Å². The molecular formula is C12H16ClN3O2S. The number of halogens is 1. The maximum atomic E-state index is 11.0. The van der Waals surface area contributed by atoms with Crippen molar-refractivity contribution in [3.63, 3.8) is 0 Å². The summed E-state index contributed by atoms with van der Waals surface area (Å²) in [6.45, 7) is 0. The number of aromatic nitrogens is 2. The lowest BCUT2D eigenvalue weighted by Gasteiger charge is -2.27. The predicted octanol–water partition coefficient (Wildman–Crippen LogP) is 2.91. The van der Waals surface area contributed by atoms with Crippen molar-refractivity contribution < 1.29 is 9.90 Å². The standard InChI is InChI=1S/C12H16ClN3O2S/c1-19-10-9(13)6-14-12(16-10)15-8-4-2-3-7(5-8)11(17)18/h6-8H,2-5H2,1H3,(H,17,18)(H,14,15,16)/t7-,8+/m1/s1. The fraction of sp³-hybridized carbons (Fsp3) is 0.583. The topological polar surface area (TPSA) is 75.1 Å². The zero-order valence-corrected chi connectivity index (χ0v) is 12.2. The number of nitrogens with zero attached hydrogens (tertiary/aromatic N) is 2. The van der Waals surface area contributed by atoms with Crippen LogP contribution in [-0.4, -0.2) is 33.3 Å². The molecule has 0 radical (unpaired) electrons. The second-order valence-corrected chi connectivity index (χ2v) is 5.80. The first-order valence-electron chi connectivity index (χ1n) is 6.16. The molecule has 0 spiro atoms. The molecular weight excluding hydrogens is 286 g/mol. The Morgan fingerprint density at radius 2 is 2.37 bits per heavy atom. The molecule has 1 aromatic heterocycles. The summed E-state index contributed by atoms with van der Waals surface area (Å²) < 4.78 is 0. The molecule has 0 saturated heterocycles. The summed E-state index contributed by atoms with van der Waals surface area (Å²) in [6.07, 6.45) is 6.71. The van der Waals surface area contributed by atoms with E-state index in [9.17, 15) is 4.79 Å². The van der Waals surface area contributed by atoms with Gasteiger partial charge in [-0.05, 0) is 25.5 Å². The third kappa shape index (κ3) is 3.73. The summed E-state index contributed by atoms with van der Waals surface area (Å²) in [7, 11) is 0. The van der Waals surface area contributed by atoms with Crippen molar-refractivity contribution in [2.24, 2.45) is 5.92 Å². The van der Waals surface area contributed by atoms with E-state index >= 15 is 0 Å². The summed E-state index contributed by atoms with van der Waals surface area (Å²) in [4.78, 5) is 19.5. The SMILES string of the molecule is CSc1nc(N[C@H]2CCC[C@@H](C(=O)O)C2)ncc1Cl. The molecule has 1 heterocycles. The van der Waals surface area contributed by atoms with Gasteiger partial charge in [0.25, 0.3) is 0 Å². The first kappa shape index (κ1) is 14.4. The summed E-state index contributed by atoms with van der Waals surface area (Å²) in [5, 5.41) is 13.5. The molecule has 0 aliphatic heterocycles. The van der Waals surface area contributed by atoms with Gasteiger partial charge in [0.15, 0.2) is 0 Å². The van der Waals surface area contributed by atoms with Crippen LogP contribution in [0.2, 0.25) is 5.02 Å². The van der Waals surface area contributed by atoms with E-state index in [0.717, 1.165) is 24.3 Å². The van der Waals surface area contributed by atoms with Crippen LogP contribution in [0.4, 0.5) is 5.95 Å². The van der Waals surface area contributed by atoms with E-state index in [2.05, 4.69) is 15.3 Å². The highest BCUT2D eigenvalue weighted by atomic mass is 35.5. The average Bonchev–Trinajstić information content (AvgIpc) is 2.41. The van der Waals surface area contributed by atoms with Gasteiger partial charge in [-0.3, -0.25) is 4.79 Å². The Morgan fingerprint density at radius 1 is 1.58 bits per heavy atom. The fourth-order valence-electron chi connectivity index (χ4n) is 2.29. The lowest BCUT2D eigenvalue weighted by molar-refractivity contribution is -0.142. The molecule has 0 amide bonds. The van der Waals surface area contributed by atoms with Gasteiger partial charge in [-0.1, -0.05) is 18.0 Å². The van der Waals surface area contributed by atoms with Gasteiger partial charge in [0.1, 0.15) is 5.03 Å². The van der Waals surface area contributed by atoms with E-state index in [1.807, 2.05) is 6.26 Å². The molecule has 19 heavy (non-hydrogen) atoms. The maximum absolute atomic E-state index is 11.0. The lowest BCUT2D eigenvalue weighted by Crippen LogP contribution is -2.31. The number of rotatable bonds is 4. The first-order chi connectivity index (χ1) is 9.10. The van der Waals surface area contributed by atoms with Crippen LogP contribution >= 0.6 is 23.4 Å². The van der Waals surface area contributed by atoms with Gasteiger partial charge in [0, 0.05) is 6.04 Å². The molecule has 1 saturated carbocycles. The van der Waals surface area contributed by atoms with Crippen LogP contribution in [0.1, 0.15) is 25.7 Å². The summed E-state index contributed by atoms with van der Waals surface area (Å²) >= 11 is 7.41. The summed E-state index contributed by atoms with van der Waals surface area (Å²) in [6, 6.07) is 0.116. The van der Waals surface area contributed by atoms with Crippen LogP contribution in [0.3, 0.4) is 0 Å². The largest absolute Gasteiger partial charge is 0.481 e. The first-order valence-corrected chi connectivity index (χ1v) is 7.76. The second-order valence-electron chi connectivity index (χ2n) is 4.59. The van der Waals surface area contributed by atoms with Gasteiger partial charge in [0.05, 0.1) is 17.1 Å². The molecule has 0 unspecified atom stereocenters. The lowest BCUT2D eigenvalue weighted by atomic mass is 9.86. The highest BCUT2D eigenvalue weighted by Crippen LogP contribution is 2.27. The minimum absolute atomic E-state index is 0.116. The van der Waals surface area contributed by atoms with Crippen LogP contribution in [0.25, 0.3) is 0 Å². The Balaban J connectivity index is 2.02. The normalized spacial score (nSPS) is 23.1. The Bertz CT molecular complexity index is 472. The molecule has 1 aromatic rings. The summed E-state index contributed by atoms with van der Waals surface area (Å²) in [5.41, 5.74) is 0. The quantitative estimate of drug-likeness (QED) is 0.658. The Morgan fingerprint density at radius 3 is 3.05 bits per heavy atom. The Hall–Kier alpha value is -1.01. The molecule has 1 fully saturated rings. The fourth-order valence-corrected chi connectivity index (χ4v) is 3.04. The van der Waals surface area contributed by atoms with Crippen molar-refractivity contribution in [2.45, 2.75) is 36.8 Å². The van der Waals surface area contributed by atoms with Crippen molar-refractivity contribution in [3.05, 3.63) is 11.2 Å². The minimum Gasteiger partial charge on any atom is -0.481 e. The Labute approximate surface area is 121 Å². The van der Waals surface area contributed by atoms with Crippen molar-refractivity contribution in [1.29, 1.82) is 0 Å². The zero-order chi connectivity index (χ0) is 13.8. The smallest absolute Gasteiger partial charge is 0.306 e. The van der Waals surface area contributed by atoms with Crippen molar-refractivity contribution >= 4 is 35.3 Å². The van der Waals surface area contributed by atoms with E-state index in [1.54, 1.807) is 6.20 Å². The number of nitrogens with one attached hydrogen (secondary N) is 1. The van der Waals surface area contributed by atoms with Crippen LogP contribution in [-0.2, 0) is 4.79 Å². The minimum atomic E-state index is -0.715. The predicted molar refractivity (Wildman–Crippen MR) is 75.8 cm³/mol. The maximum Gasteiger partial charge on any atom is 0.306 e. The van der Waals surface area contributed by atoms with Crippen molar-refractivity contribution in [3.8, 4) is 0 Å². The van der Waals surface area contributed by atoms with Crippen LogP contribution in [0.15, 0.2) is 11.2 Å². The molecule has 7 heteroatoms. The molecule has 2 rings (SSSR count). The van der Waals surface area contributed by atoms with Gasteiger partial charge < -0.3 is 10.4 Å². The number of anilines is 1. The molecule has 5 nitrogen and oxygen atoms in total. The third-order valence-electron chi connectivity index (χ3n) is 3.26.